The summed E-state index contributed by atoms with van der Waals surface area (Å²) >= 11 is 0. The highest BCUT2D eigenvalue weighted by Crippen LogP contribution is 2.15. The van der Waals surface area contributed by atoms with Gasteiger partial charge in [-0.3, -0.25) is 0 Å². The minimum absolute atomic E-state index is 0.228. The van der Waals surface area contributed by atoms with E-state index in [1.807, 2.05) is 12.1 Å². The van der Waals surface area contributed by atoms with Crippen molar-refractivity contribution in [2.24, 2.45) is 5.92 Å². The van der Waals surface area contributed by atoms with E-state index in [4.69, 9.17) is 5.11 Å². The van der Waals surface area contributed by atoms with Crippen LogP contribution in [-0.4, -0.2) is 29.4 Å². The predicted molar refractivity (Wildman–Crippen MR) is 83.7 cm³/mol. The van der Waals surface area contributed by atoms with Crippen molar-refractivity contribution in [3.63, 3.8) is 0 Å². The zero-order chi connectivity index (χ0) is 15.0. The Bertz CT molecular complexity index is 362. The van der Waals surface area contributed by atoms with Crippen LogP contribution in [0.2, 0.25) is 0 Å². The highest BCUT2D eigenvalue weighted by Gasteiger charge is 2.09. The van der Waals surface area contributed by atoms with Crippen molar-refractivity contribution in [2.45, 2.75) is 52.2 Å². The Hall–Kier alpha value is -0.900. The minimum atomic E-state index is -0.473. The van der Waals surface area contributed by atoms with E-state index in [1.165, 1.54) is 5.56 Å². The van der Waals surface area contributed by atoms with E-state index < -0.39 is 6.10 Å². The van der Waals surface area contributed by atoms with Gasteiger partial charge in [-0.15, -0.1) is 0 Å². The summed E-state index contributed by atoms with van der Waals surface area (Å²) in [7, 11) is 0. The molecule has 0 saturated heterocycles. The van der Waals surface area contributed by atoms with Crippen LogP contribution in [0.15, 0.2) is 24.3 Å². The number of hydrogen-bond donors (Lipinski definition) is 3. The summed E-state index contributed by atoms with van der Waals surface area (Å²) in [6, 6.07) is 8.56. The number of hydrogen-bond acceptors (Lipinski definition) is 3. The molecule has 0 radical (unpaired) electrons. The summed E-state index contributed by atoms with van der Waals surface area (Å²) in [6.07, 6.45) is 2.33. The Kier molecular flexibility index (Phi) is 7.82. The number of benzene rings is 1. The van der Waals surface area contributed by atoms with E-state index in [-0.39, 0.29) is 6.61 Å². The summed E-state index contributed by atoms with van der Waals surface area (Å²) < 4.78 is 0. The van der Waals surface area contributed by atoms with Gasteiger partial charge in [0.25, 0.3) is 0 Å². The second kappa shape index (κ2) is 9.11. The third kappa shape index (κ3) is 6.51. The van der Waals surface area contributed by atoms with Crippen molar-refractivity contribution in [1.82, 2.24) is 5.32 Å². The van der Waals surface area contributed by atoms with Crippen molar-refractivity contribution >= 4 is 0 Å². The van der Waals surface area contributed by atoms with Gasteiger partial charge in [0.2, 0.25) is 0 Å². The molecule has 0 aliphatic heterocycles. The fourth-order valence-corrected chi connectivity index (χ4v) is 2.28. The van der Waals surface area contributed by atoms with Crippen LogP contribution in [0.1, 0.15) is 50.8 Å². The first-order valence-corrected chi connectivity index (χ1v) is 7.64. The molecule has 0 aromatic heterocycles. The summed E-state index contributed by atoms with van der Waals surface area (Å²) in [6.45, 7) is 7.27. The smallest absolute Gasteiger partial charge is 0.0914 e. The van der Waals surface area contributed by atoms with E-state index >= 15 is 0 Å². The van der Waals surface area contributed by atoms with Gasteiger partial charge < -0.3 is 15.5 Å². The van der Waals surface area contributed by atoms with Crippen molar-refractivity contribution in [2.75, 3.05) is 13.2 Å². The van der Waals surface area contributed by atoms with E-state index in [9.17, 15) is 5.11 Å². The summed E-state index contributed by atoms with van der Waals surface area (Å²) in [4.78, 5) is 0. The molecule has 0 saturated carbocycles. The second-order valence-corrected chi connectivity index (χ2v) is 6.03. The second-order valence-electron chi connectivity index (χ2n) is 6.03. The van der Waals surface area contributed by atoms with E-state index in [0.29, 0.717) is 18.5 Å². The molecule has 3 nitrogen and oxygen atoms in total. The molecule has 20 heavy (non-hydrogen) atoms. The Morgan fingerprint density at radius 1 is 1.10 bits per heavy atom. The van der Waals surface area contributed by atoms with Crippen LogP contribution in [0, 0.1) is 5.92 Å². The van der Waals surface area contributed by atoms with Gasteiger partial charge in [-0.25, -0.2) is 0 Å². The van der Waals surface area contributed by atoms with Crippen LogP contribution in [0.25, 0.3) is 0 Å². The highest BCUT2D eigenvalue weighted by atomic mass is 16.3. The van der Waals surface area contributed by atoms with E-state index in [0.717, 1.165) is 24.8 Å². The molecule has 2 atom stereocenters. The lowest BCUT2D eigenvalue weighted by molar-refractivity contribution is 0.169. The lowest BCUT2D eigenvalue weighted by atomic mass is 10.00. The molecule has 1 aromatic rings. The van der Waals surface area contributed by atoms with Crippen LogP contribution in [0.5, 0.6) is 0 Å². The zero-order valence-corrected chi connectivity index (χ0v) is 13.0. The standard InChI is InChI=1S/C17H29NO2/c1-13(2)11-15-6-8-16(9-7-15)17(20)12-18-14(3)5-4-10-19/h6-9,13-14,17-20H,4-5,10-12H2,1-3H3. The van der Waals surface area contributed by atoms with Crippen molar-refractivity contribution in [1.29, 1.82) is 0 Å². The third-order valence-corrected chi connectivity index (χ3v) is 3.46. The Morgan fingerprint density at radius 2 is 1.75 bits per heavy atom. The molecule has 3 N–H and O–H groups in total. The Labute approximate surface area is 123 Å². The number of rotatable bonds is 9. The van der Waals surface area contributed by atoms with Gasteiger partial charge in [-0.1, -0.05) is 38.1 Å². The number of aliphatic hydroxyl groups is 2. The van der Waals surface area contributed by atoms with Crippen LogP contribution in [0.4, 0.5) is 0 Å². The first-order chi connectivity index (χ1) is 9.52. The average molecular weight is 279 g/mol. The van der Waals surface area contributed by atoms with Gasteiger partial charge in [0.15, 0.2) is 0 Å². The lowest BCUT2D eigenvalue weighted by Crippen LogP contribution is -2.30. The van der Waals surface area contributed by atoms with Crippen LogP contribution in [0.3, 0.4) is 0 Å². The monoisotopic (exact) mass is 279 g/mol. The molecule has 1 rings (SSSR count). The Balaban J connectivity index is 2.41. The lowest BCUT2D eigenvalue weighted by Gasteiger charge is -2.17. The highest BCUT2D eigenvalue weighted by molar-refractivity contribution is 5.24. The maximum absolute atomic E-state index is 10.2. The fourth-order valence-electron chi connectivity index (χ4n) is 2.28. The molecular formula is C17H29NO2. The first kappa shape index (κ1) is 17.2. The maximum atomic E-state index is 10.2. The summed E-state index contributed by atoms with van der Waals surface area (Å²) in [5, 5.41) is 22.2. The zero-order valence-electron chi connectivity index (χ0n) is 13.0. The molecule has 0 fully saturated rings. The molecule has 1 aromatic carbocycles. The molecule has 2 unspecified atom stereocenters. The van der Waals surface area contributed by atoms with Gasteiger partial charge in [0, 0.05) is 19.2 Å². The van der Waals surface area contributed by atoms with Crippen LogP contribution >= 0.6 is 0 Å². The van der Waals surface area contributed by atoms with E-state index in [2.05, 4.69) is 38.2 Å². The van der Waals surface area contributed by atoms with Gasteiger partial charge in [0.1, 0.15) is 0 Å². The quantitative estimate of drug-likeness (QED) is 0.651. The largest absolute Gasteiger partial charge is 0.396 e. The van der Waals surface area contributed by atoms with Crippen molar-refractivity contribution < 1.29 is 10.2 Å². The molecule has 114 valence electrons. The van der Waals surface area contributed by atoms with E-state index in [1.54, 1.807) is 0 Å². The molecule has 0 aliphatic carbocycles. The molecule has 0 heterocycles. The summed E-state index contributed by atoms with van der Waals surface area (Å²) in [5.74, 6) is 0.653. The molecule has 0 spiro atoms. The van der Waals surface area contributed by atoms with Crippen molar-refractivity contribution in [3.05, 3.63) is 35.4 Å². The number of aliphatic hydroxyl groups excluding tert-OH is 2. The predicted octanol–water partition coefficient (Wildman–Crippen LogP) is 2.67. The molecule has 3 heteroatoms. The fraction of sp³-hybridized carbons (Fsp3) is 0.647. The van der Waals surface area contributed by atoms with Crippen LogP contribution in [-0.2, 0) is 6.42 Å². The third-order valence-electron chi connectivity index (χ3n) is 3.46. The van der Waals surface area contributed by atoms with Crippen molar-refractivity contribution in [3.8, 4) is 0 Å². The van der Waals surface area contributed by atoms with Gasteiger partial charge >= 0.3 is 0 Å². The molecule has 0 bridgehead atoms. The molecular weight excluding hydrogens is 250 g/mol. The Morgan fingerprint density at radius 3 is 2.30 bits per heavy atom. The van der Waals surface area contributed by atoms with Crippen LogP contribution < -0.4 is 5.32 Å². The molecule has 0 amide bonds. The topological polar surface area (TPSA) is 52.5 Å². The SMILES string of the molecule is CC(C)Cc1ccc(C(O)CNC(C)CCCO)cc1. The number of nitrogens with one attached hydrogen (secondary N) is 1. The van der Waals surface area contributed by atoms with Gasteiger partial charge in [0.05, 0.1) is 6.10 Å². The molecule has 0 aliphatic rings. The van der Waals surface area contributed by atoms with Gasteiger partial charge in [-0.2, -0.15) is 0 Å². The average Bonchev–Trinajstić information content (AvgIpc) is 2.42. The normalized spacial score (nSPS) is 14.5. The maximum Gasteiger partial charge on any atom is 0.0914 e. The van der Waals surface area contributed by atoms with Gasteiger partial charge in [-0.05, 0) is 43.2 Å². The summed E-state index contributed by atoms with van der Waals surface area (Å²) in [5.41, 5.74) is 2.28. The first-order valence-electron chi connectivity index (χ1n) is 7.64. The minimum Gasteiger partial charge on any atom is -0.396 e.